The van der Waals surface area contributed by atoms with E-state index in [1.54, 1.807) is 0 Å². The highest BCUT2D eigenvalue weighted by atomic mass is 14.5. The van der Waals surface area contributed by atoms with Crippen LogP contribution < -0.4 is 5.73 Å². The van der Waals surface area contributed by atoms with E-state index in [-0.39, 0.29) is 0 Å². The quantitative estimate of drug-likeness (QED) is 0.459. The number of hydrogen-bond acceptors (Lipinski definition) is 1. The molecule has 0 aromatic heterocycles. The van der Waals surface area contributed by atoms with Crippen LogP contribution in [-0.4, -0.2) is 6.54 Å². The maximum Gasteiger partial charge on any atom is -0.00112 e. The van der Waals surface area contributed by atoms with Gasteiger partial charge in [-0.15, -0.1) is 0 Å². The summed E-state index contributed by atoms with van der Waals surface area (Å²) in [6.07, 6.45) is 5.51. The Balaban J connectivity index is 2.21. The van der Waals surface area contributed by atoms with E-state index in [1.165, 1.54) is 6.42 Å². The summed E-state index contributed by atoms with van der Waals surface area (Å²) in [7, 11) is 0. The van der Waals surface area contributed by atoms with Gasteiger partial charge in [0.05, 0.1) is 0 Å². The standard InChI is InChI=1S/C5H9N/c6-4-5-2-1-3-5/h1-2,5H,3-4,6H2. The predicted molar refractivity (Wildman–Crippen MR) is 26.3 cm³/mol. The lowest BCUT2D eigenvalue weighted by atomic mass is 9.96. The van der Waals surface area contributed by atoms with Crippen LogP contribution >= 0.6 is 0 Å². The lowest BCUT2D eigenvalue weighted by molar-refractivity contribution is 0.623. The van der Waals surface area contributed by atoms with Gasteiger partial charge in [-0.05, 0) is 18.9 Å². The molecule has 0 aromatic carbocycles. The average molecular weight is 83.1 g/mol. The van der Waals surface area contributed by atoms with Gasteiger partial charge >= 0.3 is 0 Å². The summed E-state index contributed by atoms with van der Waals surface area (Å²) in [4.78, 5) is 0. The Kier molecular flexibility index (Phi) is 0.926. The van der Waals surface area contributed by atoms with Gasteiger partial charge in [0.15, 0.2) is 0 Å². The van der Waals surface area contributed by atoms with E-state index in [1.807, 2.05) is 0 Å². The molecule has 1 aliphatic rings. The normalized spacial score (nSPS) is 29.8. The number of allylic oxidation sites excluding steroid dienone is 1. The fourth-order valence-electron chi connectivity index (χ4n) is 0.503. The van der Waals surface area contributed by atoms with E-state index in [9.17, 15) is 0 Å². The Morgan fingerprint density at radius 3 is 2.50 bits per heavy atom. The topological polar surface area (TPSA) is 26.0 Å². The number of nitrogens with two attached hydrogens (primary N) is 1. The monoisotopic (exact) mass is 83.1 g/mol. The smallest absolute Gasteiger partial charge is 0.00112 e. The van der Waals surface area contributed by atoms with Crippen LogP contribution in [0.1, 0.15) is 6.42 Å². The highest BCUT2D eigenvalue weighted by Crippen LogP contribution is 2.13. The van der Waals surface area contributed by atoms with Crippen LogP contribution in [0.3, 0.4) is 0 Å². The van der Waals surface area contributed by atoms with Gasteiger partial charge in [0.1, 0.15) is 0 Å². The van der Waals surface area contributed by atoms with Crippen LogP contribution in [0.4, 0.5) is 0 Å². The van der Waals surface area contributed by atoms with Gasteiger partial charge in [0, 0.05) is 0 Å². The first-order chi connectivity index (χ1) is 2.93. The van der Waals surface area contributed by atoms with Gasteiger partial charge in [-0.2, -0.15) is 0 Å². The van der Waals surface area contributed by atoms with Crippen molar-refractivity contribution >= 4 is 0 Å². The number of rotatable bonds is 1. The summed E-state index contributed by atoms with van der Waals surface area (Å²) >= 11 is 0. The van der Waals surface area contributed by atoms with Crippen molar-refractivity contribution in [1.82, 2.24) is 0 Å². The Morgan fingerprint density at radius 1 is 1.83 bits per heavy atom. The molecular weight excluding hydrogens is 74.1 g/mol. The van der Waals surface area contributed by atoms with E-state index in [4.69, 9.17) is 5.73 Å². The molecule has 0 bridgehead atoms. The minimum absolute atomic E-state index is 0.713. The summed E-state index contributed by atoms with van der Waals surface area (Å²) in [5.41, 5.74) is 5.28. The molecule has 0 aliphatic heterocycles. The van der Waals surface area contributed by atoms with Crippen molar-refractivity contribution < 1.29 is 0 Å². The summed E-state index contributed by atoms with van der Waals surface area (Å²) in [6, 6.07) is 0. The summed E-state index contributed by atoms with van der Waals surface area (Å²) in [5.74, 6) is 0.713. The van der Waals surface area contributed by atoms with Crippen molar-refractivity contribution in [3.8, 4) is 0 Å². The molecule has 34 valence electrons. The molecule has 0 spiro atoms. The predicted octanol–water partition coefficient (Wildman–Crippen LogP) is 0.521. The lowest BCUT2D eigenvalue weighted by Crippen LogP contribution is -2.15. The van der Waals surface area contributed by atoms with Crippen LogP contribution in [0.25, 0.3) is 0 Å². The minimum atomic E-state index is 0.713. The Hall–Kier alpha value is -0.300. The molecule has 0 fully saturated rings. The SMILES string of the molecule is NCC1C=CC1. The second kappa shape index (κ2) is 1.43. The van der Waals surface area contributed by atoms with Crippen LogP contribution in [0.15, 0.2) is 12.2 Å². The van der Waals surface area contributed by atoms with Crippen LogP contribution in [-0.2, 0) is 0 Å². The molecule has 0 radical (unpaired) electrons. The van der Waals surface area contributed by atoms with Gasteiger partial charge in [0.2, 0.25) is 0 Å². The van der Waals surface area contributed by atoms with E-state index >= 15 is 0 Å². The first-order valence-electron chi connectivity index (χ1n) is 2.30. The van der Waals surface area contributed by atoms with Crippen LogP contribution in [0, 0.1) is 5.92 Å². The molecule has 6 heavy (non-hydrogen) atoms. The van der Waals surface area contributed by atoms with Gasteiger partial charge in [-0.25, -0.2) is 0 Å². The summed E-state index contributed by atoms with van der Waals surface area (Å²) < 4.78 is 0. The second-order valence-corrected chi connectivity index (χ2v) is 1.66. The molecule has 1 aliphatic carbocycles. The largest absolute Gasteiger partial charge is 0.330 e. The van der Waals surface area contributed by atoms with Gasteiger partial charge < -0.3 is 5.73 Å². The van der Waals surface area contributed by atoms with Crippen molar-refractivity contribution in [2.24, 2.45) is 11.7 Å². The zero-order valence-corrected chi connectivity index (χ0v) is 3.72. The van der Waals surface area contributed by atoms with Crippen LogP contribution in [0.2, 0.25) is 0 Å². The zero-order chi connectivity index (χ0) is 4.41. The molecule has 1 heteroatoms. The van der Waals surface area contributed by atoms with E-state index in [2.05, 4.69) is 12.2 Å². The molecule has 0 saturated carbocycles. The third-order valence-electron chi connectivity index (χ3n) is 1.15. The Morgan fingerprint density at radius 2 is 2.50 bits per heavy atom. The molecule has 0 saturated heterocycles. The molecule has 1 rings (SSSR count). The lowest BCUT2D eigenvalue weighted by Gasteiger charge is -2.12. The van der Waals surface area contributed by atoms with Gasteiger partial charge in [0.25, 0.3) is 0 Å². The third kappa shape index (κ3) is 0.455. The molecule has 1 unspecified atom stereocenters. The van der Waals surface area contributed by atoms with E-state index in [0.717, 1.165) is 6.54 Å². The molecule has 1 nitrogen and oxygen atoms in total. The molecule has 0 heterocycles. The fraction of sp³-hybridized carbons (Fsp3) is 0.600. The van der Waals surface area contributed by atoms with E-state index in [0.29, 0.717) is 5.92 Å². The maximum absolute atomic E-state index is 5.28. The first kappa shape index (κ1) is 3.88. The summed E-state index contributed by atoms with van der Waals surface area (Å²) in [5, 5.41) is 0. The Bertz CT molecular complexity index is 66.3. The van der Waals surface area contributed by atoms with Crippen molar-refractivity contribution in [2.75, 3.05) is 6.54 Å². The summed E-state index contributed by atoms with van der Waals surface area (Å²) in [6.45, 7) is 0.830. The fourth-order valence-corrected chi connectivity index (χ4v) is 0.503. The Labute approximate surface area is 37.8 Å². The average Bonchev–Trinajstić information content (AvgIpc) is 1.31. The van der Waals surface area contributed by atoms with Crippen molar-refractivity contribution in [3.63, 3.8) is 0 Å². The first-order valence-corrected chi connectivity index (χ1v) is 2.30. The molecular formula is C5H9N. The molecule has 0 amide bonds. The van der Waals surface area contributed by atoms with Crippen LogP contribution in [0.5, 0.6) is 0 Å². The third-order valence-corrected chi connectivity index (χ3v) is 1.15. The number of hydrogen-bond donors (Lipinski definition) is 1. The molecule has 0 aromatic rings. The van der Waals surface area contributed by atoms with E-state index < -0.39 is 0 Å². The maximum atomic E-state index is 5.28. The van der Waals surface area contributed by atoms with Gasteiger partial charge in [-0.3, -0.25) is 0 Å². The van der Waals surface area contributed by atoms with Crippen molar-refractivity contribution in [3.05, 3.63) is 12.2 Å². The van der Waals surface area contributed by atoms with Gasteiger partial charge in [-0.1, -0.05) is 12.2 Å². The zero-order valence-electron chi connectivity index (χ0n) is 3.72. The van der Waals surface area contributed by atoms with Crippen molar-refractivity contribution in [2.45, 2.75) is 6.42 Å². The highest BCUT2D eigenvalue weighted by molar-refractivity contribution is 5.01. The van der Waals surface area contributed by atoms with Crippen molar-refractivity contribution in [1.29, 1.82) is 0 Å². The second-order valence-electron chi connectivity index (χ2n) is 1.66. The molecule has 1 atom stereocenters. The highest BCUT2D eigenvalue weighted by Gasteiger charge is 2.04. The molecule has 2 N–H and O–H groups in total. The minimum Gasteiger partial charge on any atom is -0.330 e.